The molecule has 0 radical (unpaired) electrons. The number of rotatable bonds is 8. The van der Waals surface area contributed by atoms with Crippen LogP contribution in [0.15, 0.2) is 24.3 Å². The van der Waals surface area contributed by atoms with Gasteiger partial charge in [-0.05, 0) is 63.5 Å². The summed E-state index contributed by atoms with van der Waals surface area (Å²) in [6.45, 7) is 8.22. The van der Waals surface area contributed by atoms with Crippen LogP contribution in [-0.2, 0) is 16.0 Å². The van der Waals surface area contributed by atoms with Crippen LogP contribution >= 0.6 is 11.6 Å². The van der Waals surface area contributed by atoms with Gasteiger partial charge in [0.1, 0.15) is 11.2 Å². The van der Waals surface area contributed by atoms with Crippen LogP contribution in [-0.4, -0.2) is 62.2 Å². The van der Waals surface area contributed by atoms with Gasteiger partial charge in [0, 0.05) is 30.8 Å². The van der Waals surface area contributed by atoms with Crippen molar-refractivity contribution in [1.29, 1.82) is 5.41 Å². The van der Waals surface area contributed by atoms with Gasteiger partial charge in [-0.25, -0.2) is 9.97 Å². The Balaban J connectivity index is 1.73. The number of nitrogens with two attached hydrogens (primary N) is 1. The summed E-state index contributed by atoms with van der Waals surface area (Å²) >= 11 is 6.42. The molecule has 11 heteroatoms. The van der Waals surface area contributed by atoms with Crippen molar-refractivity contribution in [2.45, 2.75) is 83.9 Å². The SMILES string of the molecule is COC(C)(C)C1CCCN1c1nc2nc(C(=N)OC(N)O)nc(-c3cccc(Cl)c3)c2n1C[C@H]1CC[C@H](C)CC1. The van der Waals surface area contributed by atoms with E-state index >= 15 is 0 Å². The molecule has 4 N–H and O–H groups in total. The fourth-order valence-corrected chi connectivity index (χ4v) is 6.35. The number of aromatic nitrogens is 4. The molecule has 216 valence electrons. The van der Waals surface area contributed by atoms with E-state index in [9.17, 15) is 5.11 Å². The van der Waals surface area contributed by atoms with Crippen molar-refractivity contribution < 1.29 is 14.6 Å². The van der Waals surface area contributed by atoms with E-state index in [-0.39, 0.29) is 17.5 Å². The monoisotopic (exact) mass is 569 g/mol. The zero-order valence-corrected chi connectivity index (χ0v) is 24.5. The first-order chi connectivity index (χ1) is 19.1. The summed E-state index contributed by atoms with van der Waals surface area (Å²) in [6.07, 6.45) is 5.12. The maximum atomic E-state index is 9.55. The number of methoxy groups -OCH3 is 1. The Morgan fingerprint density at radius 3 is 2.62 bits per heavy atom. The van der Waals surface area contributed by atoms with Gasteiger partial charge in [-0.1, -0.05) is 43.5 Å². The van der Waals surface area contributed by atoms with Gasteiger partial charge in [0.05, 0.1) is 11.6 Å². The zero-order chi connectivity index (χ0) is 28.6. The van der Waals surface area contributed by atoms with E-state index in [4.69, 9.17) is 42.2 Å². The lowest BCUT2D eigenvalue weighted by Gasteiger charge is -2.37. The van der Waals surface area contributed by atoms with Crippen LogP contribution in [0, 0.1) is 17.2 Å². The molecule has 3 aromatic rings. The summed E-state index contributed by atoms with van der Waals surface area (Å²) in [5.41, 5.74) is 7.65. The summed E-state index contributed by atoms with van der Waals surface area (Å²) in [4.78, 5) is 16.9. The van der Waals surface area contributed by atoms with Crippen LogP contribution in [0.25, 0.3) is 22.4 Å². The Morgan fingerprint density at radius 1 is 1.20 bits per heavy atom. The van der Waals surface area contributed by atoms with Crippen molar-refractivity contribution in [1.82, 2.24) is 19.5 Å². The summed E-state index contributed by atoms with van der Waals surface area (Å²) in [6, 6.07) is 7.61. The van der Waals surface area contributed by atoms with E-state index in [1.807, 2.05) is 24.3 Å². The molecular formula is C29H40ClN7O3. The van der Waals surface area contributed by atoms with E-state index in [0.29, 0.717) is 22.3 Å². The highest BCUT2D eigenvalue weighted by atomic mass is 35.5. The third kappa shape index (κ3) is 5.81. The second kappa shape index (κ2) is 11.6. The maximum Gasteiger partial charge on any atom is 0.256 e. The molecule has 0 bridgehead atoms. The molecule has 2 atom stereocenters. The van der Waals surface area contributed by atoms with Gasteiger partial charge < -0.3 is 24.0 Å². The second-order valence-electron chi connectivity index (χ2n) is 11.7. The van der Waals surface area contributed by atoms with Crippen LogP contribution in [0.4, 0.5) is 5.95 Å². The smallest absolute Gasteiger partial charge is 0.256 e. The third-order valence-corrected chi connectivity index (χ3v) is 8.77. The highest BCUT2D eigenvalue weighted by Crippen LogP contribution is 2.39. The van der Waals surface area contributed by atoms with Crippen molar-refractivity contribution in [3.8, 4) is 11.3 Å². The number of halogens is 1. The molecule has 1 aliphatic carbocycles. The van der Waals surface area contributed by atoms with Crippen molar-refractivity contribution in [2.75, 3.05) is 18.6 Å². The fourth-order valence-electron chi connectivity index (χ4n) is 6.16. The highest BCUT2D eigenvalue weighted by Gasteiger charge is 2.40. The zero-order valence-electron chi connectivity index (χ0n) is 23.7. The lowest BCUT2D eigenvalue weighted by molar-refractivity contribution is -0.0217. The summed E-state index contributed by atoms with van der Waals surface area (Å²) in [7, 11) is 1.76. The van der Waals surface area contributed by atoms with Gasteiger partial charge in [-0.3, -0.25) is 11.1 Å². The largest absolute Gasteiger partial charge is 0.432 e. The average molecular weight is 570 g/mol. The van der Waals surface area contributed by atoms with E-state index < -0.39 is 12.3 Å². The van der Waals surface area contributed by atoms with E-state index in [2.05, 4.69) is 35.2 Å². The topological polar surface area (TPSA) is 135 Å². The van der Waals surface area contributed by atoms with Crippen LogP contribution < -0.4 is 10.6 Å². The van der Waals surface area contributed by atoms with Crippen LogP contribution in [0.1, 0.15) is 65.1 Å². The Bertz CT molecular complexity index is 1370. The van der Waals surface area contributed by atoms with E-state index in [1.54, 1.807) is 7.11 Å². The second-order valence-corrected chi connectivity index (χ2v) is 12.2. The molecule has 2 aromatic heterocycles. The van der Waals surface area contributed by atoms with Gasteiger partial charge in [-0.2, -0.15) is 4.98 Å². The summed E-state index contributed by atoms with van der Waals surface area (Å²) in [5.74, 6) is 1.64. The van der Waals surface area contributed by atoms with Gasteiger partial charge in [0.2, 0.25) is 11.8 Å². The molecule has 1 saturated carbocycles. The molecule has 2 aliphatic rings. The highest BCUT2D eigenvalue weighted by molar-refractivity contribution is 6.30. The van der Waals surface area contributed by atoms with Gasteiger partial charge in [0.15, 0.2) is 5.65 Å². The molecule has 0 spiro atoms. The summed E-state index contributed by atoms with van der Waals surface area (Å²) in [5, 5.41) is 18.5. The Labute approximate surface area is 240 Å². The van der Waals surface area contributed by atoms with E-state index in [1.165, 1.54) is 12.8 Å². The number of hydrogen-bond acceptors (Lipinski definition) is 9. The molecule has 2 unspecified atom stereocenters. The van der Waals surface area contributed by atoms with E-state index in [0.717, 1.165) is 61.7 Å². The predicted octanol–water partition coefficient (Wildman–Crippen LogP) is 4.94. The molecule has 3 heterocycles. The Morgan fingerprint density at radius 2 is 1.95 bits per heavy atom. The first kappa shape index (κ1) is 28.7. The normalized spacial score (nSPS) is 22.6. The van der Waals surface area contributed by atoms with Crippen LogP contribution in [0.5, 0.6) is 0 Å². The first-order valence-corrected chi connectivity index (χ1v) is 14.5. The minimum atomic E-state index is -1.66. The maximum absolute atomic E-state index is 9.55. The average Bonchev–Trinajstić information content (AvgIpc) is 3.55. The molecule has 5 rings (SSSR count). The van der Waals surface area contributed by atoms with Gasteiger partial charge >= 0.3 is 0 Å². The Kier molecular flexibility index (Phi) is 8.33. The summed E-state index contributed by atoms with van der Waals surface area (Å²) < 4.78 is 13.3. The quantitative estimate of drug-likeness (QED) is 0.197. The molecule has 2 fully saturated rings. The minimum Gasteiger partial charge on any atom is -0.432 e. The number of aliphatic hydroxyl groups is 1. The lowest BCUT2D eigenvalue weighted by Crippen LogP contribution is -2.48. The number of nitrogens with one attached hydrogen (secondary N) is 1. The number of aliphatic hydroxyl groups excluding tert-OH is 1. The van der Waals surface area contributed by atoms with Gasteiger partial charge in [0.25, 0.3) is 12.3 Å². The van der Waals surface area contributed by atoms with Crippen molar-refractivity contribution in [3.05, 3.63) is 35.1 Å². The molecule has 1 aliphatic heterocycles. The number of nitrogens with zero attached hydrogens (tertiary/aromatic N) is 5. The molecule has 10 nitrogen and oxygen atoms in total. The first-order valence-electron chi connectivity index (χ1n) is 14.1. The molecule has 1 saturated heterocycles. The van der Waals surface area contributed by atoms with Crippen molar-refractivity contribution in [3.63, 3.8) is 0 Å². The predicted molar refractivity (Wildman–Crippen MR) is 156 cm³/mol. The lowest BCUT2D eigenvalue weighted by atomic mass is 9.83. The third-order valence-electron chi connectivity index (χ3n) is 8.54. The number of hydrogen-bond donors (Lipinski definition) is 3. The van der Waals surface area contributed by atoms with Crippen molar-refractivity contribution in [2.24, 2.45) is 17.6 Å². The fraction of sp³-hybridized carbons (Fsp3) is 0.586. The Hall–Kier alpha value is -2.79. The van der Waals surface area contributed by atoms with Crippen LogP contribution in [0.3, 0.4) is 0 Å². The van der Waals surface area contributed by atoms with Crippen molar-refractivity contribution >= 4 is 34.6 Å². The number of ether oxygens (including phenoxy) is 2. The number of benzene rings is 1. The molecule has 40 heavy (non-hydrogen) atoms. The molecular weight excluding hydrogens is 530 g/mol. The number of fused-ring (bicyclic) bond motifs is 1. The number of imidazole rings is 1. The minimum absolute atomic E-state index is 0.00939. The number of anilines is 1. The van der Waals surface area contributed by atoms with Gasteiger partial charge in [-0.15, -0.1) is 0 Å². The standard InChI is InChI=1S/C29H40ClN7O3/c1-17-10-12-18(13-11-17)16-37-23-22(19-7-5-8-20(30)15-19)33-26(24(31)40-27(32)38)34-25(23)35-28(37)36-14-6-9-21(36)29(2,3)39-4/h5,7-8,15,17-18,21,27,31,38H,6,9-14,16,32H2,1-4H3/t17-,18-,21?,27?. The molecule has 1 aromatic carbocycles. The molecule has 0 amide bonds. The van der Waals surface area contributed by atoms with Crippen LogP contribution in [0.2, 0.25) is 5.02 Å².